The van der Waals surface area contributed by atoms with Crippen LogP contribution >= 0.6 is 11.3 Å². The van der Waals surface area contributed by atoms with Crippen molar-refractivity contribution in [2.75, 3.05) is 0 Å². The van der Waals surface area contributed by atoms with Crippen LogP contribution in [0, 0.1) is 0 Å². The lowest BCUT2D eigenvalue weighted by Crippen LogP contribution is -1.84. The van der Waals surface area contributed by atoms with Crippen molar-refractivity contribution in [3.8, 4) is 0 Å². The largest absolute Gasteiger partial charge is 0.456 e. The molecule has 0 aliphatic heterocycles. The molecule has 4 heteroatoms. The molecule has 0 saturated heterocycles. The number of benzene rings is 8. The number of furan rings is 1. The highest BCUT2D eigenvalue weighted by Crippen LogP contribution is 2.33. The fourth-order valence-electron chi connectivity index (χ4n) is 7.58. The smallest absolute Gasteiger partial charge is 0.135 e. The molecule has 0 bridgehead atoms. The van der Waals surface area contributed by atoms with E-state index in [4.69, 9.17) is 4.42 Å². The molecule has 0 N–H and O–H groups in total. The van der Waals surface area contributed by atoms with Crippen LogP contribution in [0.5, 0.6) is 0 Å². The van der Waals surface area contributed by atoms with E-state index in [0.717, 1.165) is 11.2 Å². The van der Waals surface area contributed by atoms with E-state index < -0.39 is 0 Å². The minimum Gasteiger partial charge on any atom is -0.456 e. The second kappa shape index (κ2) is 20.9. The van der Waals surface area contributed by atoms with Crippen LogP contribution in [0.3, 0.4) is 0 Å². The van der Waals surface area contributed by atoms with Gasteiger partial charge in [-0.25, -0.2) is 0 Å². The molecule has 60 heavy (non-hydrogen) atoms. The third kappa shape index (κ3) is 8.85. The first-order valence-corrected chi connectivity index (χ1v) is 22.0. The van der Waals surface area contributed by atoms with E-state index in [1.54, 1.807) is 0 Å². The van der Waals surface area contributed by atoms with Crippen molar-refractivity contribution in [3.63, 3.8) is 0 Å². The Labute approximate surface area is 358 Å². The quantitative estimate of drug-likeness (QED) is 0.150. The molecular formula is C56H56N2OS. The van der Waals surface area contributed by atoms with Crippen LogP contribution in [0.4, 0.5) is 0 Å². The summed E-state index contributed by atoms with van der Waals surface area (Å²) < 4.78 is 12.9. The number of nitrogens with zero attached hydrogens (tertiary/aromatic N) is 2. The monoisotopic (exact) mass is 804 g/mol. The van der Waals surface area contributed by atoms with Crippen molar-refractivity contribution in [2.45, 2.75) is 41.5 Å². The third-order valence-electron chi connectivity index (χ3n) is 10.2. The lowest BCUT2D eigenvalue weighted by Gasteiger charge is -1.95. The van der Waals surface area contributed by atoms with E-state index >= 15 is 0 Å². The molecule has 12 rings (SSSR count). The third-order valence-corrected chi connectivity index (χ3v) is 11.4. The fourth-order valence-corrected chi connectivity index (χ4v) is 8.69. The molecule has 0 atom stereocenters. The van der Waals surface area contributed by atoms with Gasteiger partial charge >= 0.3 is 0 Å². The number of para-hydroxylation sites is 6. The van der Waals surface area contributed by atoms with Gasteiger partial charge < -0.3 is 13.6 Å². The van der Waals surface area contributed by atoms with Gasteiger partial charge in [-0.15, -0.1) is 11.3 Å². The maximum atomic E-state index is 5.65. The summed E-state index contributed by atoms with van der Waals surface area (Å²) in [6.07, 6.45) is 0. The van der Waals surface area contributed by atoms with Crippen molar-refractivity contribution in [1.82, 2.24) is 9.13 Å². The lowest BCUT2D eigenvalue weighted by atomic mass is 10.2. The minimum atomic E-state index is 0.962. The first-order chi connectivity index (χ1) is 29.7. The Hall–Kier alpha value is -6.62. The molecule has 0 aliphatic carbocycles. The molecule has 0 spiro atoms. The molecule has 0 saturated carbocycles. The average molecular weight is 805 g/mol. The molecule has 4 heterocycles. The number of aryl methyl sites for hydroxylation is 2. The number of fused-ring (bicyclic) bond motifs is 12. The summed E-state index contributed by atoms with van der Waals surface area (Å²) in [7, 11) is 4.23. The van der Waals surface area contributed by atoms with Crippen molar-refractivity contribution < 1.29 is 4.42 Å². The van der Waals surface area contributed by atoms with Crippen LogP contribution in [-0.4, -0.2) is 9.13 Å². The van der Waals surface area contributed by atoms with Gasteiger partial charge in [0.05, 0.1) is 0 Å². The number of hydrogen-bond acceptors (Lipinski definition) is 2. The lowest BCUT2D eigenvalue weighted by molar-refractivity contribution is 0.669. The first kappa shape index (κ1) is 43.0. The maximum absolute atomic E-state index is 5.65. The summed E-state index contributed by atoms with van der Waals surface area (Å²) in [5, 5.41) is 10.5. The van der Waals surface area contributed by atoms with Crippen LogP contribution in [0.15, 0.2) is 199 Å². The van der Waals surface area contributed by atoms with Crippen LogP contribution in [0.1, 0.15) is 41.5 Å². The Kier molecular flexibility index (Phi) is 15.0. The highest BCUT2D eigenvalue weighted by Gasteiger charge is 2.07. The molecule has 3 nitrogen and oxygen atoms in total. The van der Waals surface area contributed by atoms with E-state index in [9.17, 15) is 0 Å². The Morgan fingerprint density at radius 2 is 0.517 bits per heavy atom. The summed E-state index contributed by atoms with van der Waals surface area (Å²) in [5.41, 5.74) is 7.12. The summed E-state index contributed by atoms with van der Waals surface area (Å²) in [4.78, 5) is 0. The Balaban J connectivity index is 0.000000129. The zero-order valence-corrected chi connectivity index (χ0v) is 37.0. The number of rotatable bonds is 0. The minimum absolute atomic E-state index is 0.962. The molecule has 4 aromatic heterocycles. The van der Waals surface area contributed by atoms with Gasteiger partial charge in [0.1, 0.15) is 11.2 Å². The van der Waals surface area contributed by atoms with E-state index in [-0.39, 0.29) is 0 Å². The predicted molar refractivity (Wildman–Crippen MR) is 268 cm³/mol. The second-order valence-electron chi connectivity index (χ2n) is 13.4. The number of thiophene rings is 1. The molecular weight excluding hydrogens is 749 g/mol. The van der Waals surface area contributed by atoms with E-state index in [0.29, 0.717) is 0 Å². The van der Waals surface area contributed by atoms with E-state index in [1.807, 2.05) is 89.3 Å². The number of aromatic nitrogens is 2. The van der Waals surface area contributed by atoms with Gasteiger partial charge in [-0.05, 0) is 48.5 Å². The topological polar surface area (TPSA) is 23.0 Å². The van der Waals surface area contributed by atoms with E-state index in [1.165, 1.54) is 74.6 Å². The molecule has 0 radical (unpaired) electrons. The zero-order valence-electron chi connectivity index (χ0n) is 36.2. The van der Waals surface area contributed by atoms with Crippen molar-refractivity contribution >= 4 is 97.1 Å². The molecule has 0 amide bonds. The molecule has 302 valence electrons. The van der Waals surface area contributed by atoms with Crippen molar-refractivity contribution in [2.24, 2.45) is 14.1 Å². The second-order valence-corrected chi connectivity index (χ2v) is 14.5. The molecule has 8 aromatic carbocycles. The van der Waals surface area contributed by atoms with Gasteiger partial charge in [-0.3, -0.25) is 0 Å². The normalized spacial score (nSPS) is 10.3. The van der Waals surface area contributed by atoms with Crippen LogP contribution in [0.25, 0.3) is 85.7 Å². The van der Waals surface area contributed by atoms with Crippen molar-refractivity contribution in [1.29, 1.82) is 0 Å². The SMILES string of the molecule is CC.CC.CC.Cn1c2ccccc2c2ccccc21.Cn1c2ccccc2c2ccccc21.c1ccc2c(c1)oc1ccccc12.c1ccc2c(c1)sc1ccccc12. The van der Waals surface area contributed by atoms with Gasteiger partial charge in [0.15, 0.2) is 0 Å². The predicted octanol–water partition coefficient (Wildman–Crippen LogP) is 17.4. The van der Waals surface area contributed by atoms with Gasteiger partial charge in [-0.2, -0.15) is 0 Å². The first-order valence-electron chi connectivity index (χ1n) is 21.2. The molecule has 12 aromatic rings. The van der Waals surface area contributed by atoms with Crippen molar-refractivity contribution in [3.05, 3.63) is 194 Å². The average Bonchev–Trinajstić information content (AvgIpc) is 4.08. The summed E-state index contributed by atoms with van der Waals surface area (Å²) in [6, 6.07) is 67.4. The van der Waals surface area contributed by atoms with Crippen LogP contribution in [-0.2, 0) is 14.1 Å². The summed E-state index contributed by atoms with van der Waals surface area (Å²) in [6.45, 7) is 12.0. The van der Waals surface area contributed by atoms with Gasteiger partial charge in [0.25, 0.3) is 0 Å². The highest BCUT2D eigenvalue weighted by atomic mass is 32.1. The molecule has 0 unspecified atom stereocenters. The Morgan fingerprint density at radius 1 is 0.283 bits per heavy atom. The van der Waals surface area contributed by atoms with Gasteiger partial charge in [0, 0.05) is 88.7 Å². The standard InChI is InChI=1S/2C13H11N.C12H8O.C12H8S.3C2H6/c2*1-14-12-8-4-2-6-10(12)11-7-3-5-9-13(11)14;2*1-3-7-11-9(5-1)10-6-2-4-8-12(10)13-11;3*1-2/h2*2-9H,1H3;2*1-8H;3*1-2H3. The maximum Gasteiger partial charge on any atom is 0.135 e. The van der Waals surface area contributed by atoms with Crippen LogP contribution in [0.2, 0.25) is 0 Å². The number of hydrogen-bond donors (Lipinski definition) is 0. The highest BCUT2D eigenvalue weighted by molar-refractivity contribution is 7.25. The molecule has 0 fully saturated rings. The van der Waals surface area contributed by atoms with Crippen LogP contribution < -0.4 is 0 Å². The van der Waals surface area contributed by atoms with Gasteiger partial charge in [0.2, 0.25) is 0 Å². The zero-order chi connectivity index (χ0) is 42.4. The summed E-state index contributed by atoms with van der Waals surface area (Å²) in [5.74, 6) is 0. The fraction of sp³-hybridized carbons (Fsp3) is 0.143. The summed E-state index contributed by atoms with van der Waals surface area (Å²) >= 11 is 1.86. The van der Waals surface area contributed by atoms with Gasteiger partial charge in [-0.1, -0.05) is 187 Å². The molecule has 0 aliphatic rings. The Morgan fingerprint density at radius 3 is 0.833 bits per heavy atom. The van der Waals surface area contributed by atoms with E-state index in [2.05, 4.69) is 181 Å². The Bertz CT molecular complexity index is 2790.